The first-order chi connectivity index (χ1) is 7.47. The monoisotopic (exact) mass is 235 g/mol. The highest BCUT2D eigenvalue weighted by atomic mass is 19.4. The predicted molar refractivity (Wildman–Crippen MR) is 53.6 cm³/mol. The maximum atomic E-state index is 12.4. The highest BCUT2D eigenvalue weighted by Gasteiger charge is 2.33. The molecule has 0 radical (unpaired) electrons. The number of rotatable bonds is 4. The summed E-state index contributed by atoms with van der Waals surface area (Å²) < 4.78 is 37.3. The molecule has 0 amide bonds. The third kappa shape index (κ3) is 3.23. The van der Waals surface area contributed by atoms with Crippen molar-refractivity contribution in [2.75, 3.05) is 17.3 Å². The van der Waals surface area contributed by atoms with Crippen molar-refractivity contribution in [2.24, 2.45) is 5.84 Å². The molecule has 0 unspecified atom stereocenters. The Bertz CT molecular complexity index is 352. The van der Waals surface area contributed by atoms with Gasteiger partial charge in [0, 0.05) is 12.6 Å². The number of nitrogens with one attached hydrogen (secondary N) is 2. The lowest BCUT2D eigenvalue weighted by Crippen LogP contribution is -2.17. The number of halogens is 3. The minimum Gasteiger partial charge on any atom is -0.370 e. The Hall–Kier alpha value is -1.57. The Labute approximate surface area is 90.2 Å². The van der Waals surface area contributed by atoms with Crippen LogP contribution in [0.1, 0.15) is 19.0 Å². The van der Waals surface area contributed by atoms with Gasteiger partial charge in [-0.2, -0.15) is 18.2 Å². The summed E-state index contributed by atoms with van der Waals surface area (Å²) >= 11 is 0. The van der Waals surface area contributed by atoms with Crippen LogP contribution in [0.25, 0.3) is 0 Å². The largest absolute Gasteiger partial charge is 0.433 e. The van der Waals surface area contributed by atoms with Crippen molar-refractivity contribution in [3.63, 3.8) is 0 Å². The summed E-state index contributed by atoms with van der Waals surface area (Å²) in [6, 6.07) is 0.844. The van der Waals surface area contributed by atoms with Gasteiger partial charge in [-0.15, -0.1) is 0 Å². The third-order valence-electron chi connectivity index (χ3n) is 1.70. The SMILES string of the molecule is CCCNc1cc(C(F)(F)F)nc(NN)n1. The molecule has 0 aromatic carbocycles. The molecule has 0 saturated heterocycles. The maximum Gasteiger partial charge on any atom is 0.433 e. The summed E-state index contributed by atoms with van der Waals surface area (Å²) in [7, 11) is 0. The highest BCUT2D eigenvalue weighted by molar-refractivity contribution is 5.42. The van der Waals surface area contributed by atoms with Crippen molar-refractivity contribution in [3.8, 4) is 0 Å². The van der Waals surface area contributed by atoms with Gasteiger partial charge >= 0.3 is 6.18 Å². The molecule has 90 valence electrons. The van der Waals surface area contributed by atoms with Crippen LogP contribution in [0.5, 0.6) is 0 Å². The molecule has 0 fully saturated rings. The van der Waals surface area contributed by atoms with Crippen LogP contribution in [-0.2, 0) is 6.18 Å². The third-order valence-corrected chi connectivity index (χ3v) is 1.70. The zero-order chi connectivity index (χ0) is 12.2. The fourth-order valence-corrected chi connectivity index (χ4v) is 1.00. The zero-order valence-corrected chi connectivity index (χ0v) is 8.60. The topological polar surface area (TPSA) is 75.9 Å². The van der Waals surface area contributed by atoms with Crippen molar-refractivity contribution in [2.45, 2.75) is 19.5 Å². The van der Waals surface area contributed by atoms with Gasteiger partial charge in [-0.1, -0.05) is 6.92 Å². The van der Waals surface area contributed by atoms with Crippen molar-refractivity contribution >= 4 is 11.8 Å². The van der Waals surface area contributed by atoms with Crippen LogP contribution >= 0.6 is 0 Å². The predicted octanol–water partition coefficient (Wildman–Crippen LogP) is 1.60. The van der Waals surface area contributed by atoms with E-state index < -0.39 is 11.9 Å². The summed E-state index contributed by atoms with van der Waals surface area (Å²) in [5, 5.41) is 2.73. The average Bonchev–Trinajstić information content (AvgIpc) is 2.24. The van der Waals surface area contributed by atoms with Crippen LogP contribution in [0.3, 0.4) is 0 Å². The first kappa shape index (κ1) is 12.5. The molecule has 0 bridgehead atoms. The Morgan fingerprint density at radius 3 is 2.56 bits per heavy atom. The number of nitrogens with two attached hydrogens (primary N) is 1. The van der Waals surface area contributed by atoms with Crippen LogP contribution < -0.4 is 16.6 Å². The van der Waals surface area contributed by atoms with Crippen molar-refractivity contribution in [1.29, 1.82) is 0 Å². The normalized spacial score (nSPS) is 11.3. The summed E-state index contributed by atoms with van der Waals surface area (Å²) in [4.78, 5) is 6.96. The fourth-order valence-electron chi connectivity index (χ4n) is 1.00. The van der Waals surface area contributed by atoms with E-state index in [-0.39, 0.29) is 11.8 Å². The van der Waals surface area contributed by atoms with E-state index in [0.29, 0.717) is 6.54 Å². The summed E-state index contributed by atoms with van der Waals surface area (Å²) in [6.07, 6.45) is -3.74. The molecule has 16 heavy (non-hydrogen) atoms. The number of nitrogen functional groups attached to an aromatic ring is 1. The lowest BCUT2D eigenvalue weighted by molar-refractivity contribution is -0.141. The molecule has 1 rings (SSSR count). The summed E-state index contributed by atoms with van der Waals surface area (Å²) in [5.74, 6) is 4.81. The van der Waals surface area contributed by atoms with Crippen LogP contribution in [0, 0.1) is 0 Å². The molecule has 1 heterocycles. The molecule has 4 N–H and O–H groups in total. The van der Waals surface area contributed by atoms with E-state index >= 15 is 0 Å². The van der Waals surface area contributed by atoms with Gasteiger partial charge in [-0.3, -0.25) is 5.43 Å². The molecule has 0 atom stereocenters. The molecule has 0 aliphatic heterocycles. The molecule has 1 aromatic rings. The molecule has 0 saturated carbocycles. The fraction of sp³-hybridized carbons (Fsp3) is 0.500. The Morgan fingerprint density at radius 1 is 1.38 bits per heavy atom. The number of hydrogen-bond donors (Lipinski definition) is 3. The minimum atomic E-state index is -4.52. The standard InChI is InChI=1S/C8H12F3N5/c1-2-3-13-6-4-5(8(9,10)11)14-7(15-6)16-12/h4H,2-3,12H2,1H3,(H2,13,14,15,16). The van der Waals surface area contributed by atoms with Crippen LogP contribution in [-0.4, -0.2) is 16.5 Å². The van der Waals surface area contributed by atoms with E-state index in [9.17, 15) is 13.2 Å². The number of anilines is 2. The van der Waals surface area contributed by atoms with Gasteiger partial charge in [-0.25, -0.2) is 10.8 Å². The number of nitrogens with zero attached hydrogens (tertiary/aromatic N) is 2. The summed E-state index contributed by atoms with van der Waals surface area (Å²) in [5.41, 5.74) is 0.961. The van der Waals surface area contributed by atoms with Crippen molar-refractivity contribution < 1.29 is 13.2 Å². The first-order valence-corrected chi connectivity index (χ1v) is 4.64. The second kappa shape index (κ2) is 4.97. The first-order valence-electron chi connectivity index (χ1n) is 4.64. The van der Waals surface area contributed by atoms with E-state index in [2.05, 4.69) is 15.3 Å². The second-order valence-corrected chi connectivity index (χ2v) is 3.03. The van der Waals surface area contributed by atoms with Gasteiger partial charge in [-0.05, 0) is 6.42 Å². The molecule has 0 aliphatic carbocycles. The van der Waals surface area contributed by atoms with E-state index in [1.807, 2.05) is 12.3 Å². The van der Waals surface area contributed by atoms with E-state index in [1.54, 1.807) is 0 Å². The number of hydrazine groups is 1. The van der Waals surface area contributed by atoms with Crippen molar-refractivity contribution in [3.05, 3.63) is 11.8 Å². The van der Waals surface area contributed by atoms with Crippen molar-refractivity contribution in [1.82, 2.24) is 9.97 Å². The van der Waals surface area contributed by atoms with E-state index in [1.165, 1.54) is 0 Å². The molecular weight excluding hydrogens is 223 g/mol. The van der Waals surface area contributed by atoms with Crippen LogP contribution in [0.2, 0.25) is 0 Å². The Balaban J connectivity index is 3.01. The zero-order valence-electron chi connectivity index (χ0n) is 8.60. The van der Waals surface area contributed by atoms with Gasteiger partial charge in [0.05, 0.1) is 0 Å². The lowest BCUT2D eigenvalue weighted by Gasteiger charge is -2.10. The quantitative estimate of drug-likeness (QED) is 0.546. The van der Waals surface area contributed by atoms with Crippen LogP contribution in [0.15, 0.2) is 6.07 Å². The van der Waals surface area contributed by atoms with Gasteiger partial charge < -0.3 is 5.32 Å². The van der Waals surface area contributed by atoms with Crippen LogP contribution in [0.4, 0.5) is 24.9 Å². The van der Waals surface area contributed by atoms with E-state index in [4.69, 9.17) is 5.84 Å². The summed E-state index contributed by atoms with van der Waals surface area (Å²) in [6.45, 7) is 2.42. The molecule has 1 aromatic heterocycles. The molecule has 0 aliphatic rings. The number of aromatic nitrogens is 2. The van der Waals surface area contributed by atoms with Gasteiger partial charge in [0.15, 0.2) is 5.69 Å². The van der Waals surface area contributed by atoms with E-state index in [0.717, 1.165) is 12.5 Å². The second-order valence-electron chi connectivity index (χ2n) is 3.03. The van der Waals surface area contributed by atoms with Gasteiger partial charge in [0.25, 0.3) is 0 Å². The maximum absolute atomic E-state index is 12.4. The number of alkyl halides is 3. The van der Waals surface area contributed by atoms with Gasteiger partial charge in [0.2, 0.25) is 5.95 Å². The minimum absolute atomic E-state index is 0.0946. The Morgan fingerprint density at radius 2 is 2.06 bits per heavy atom. The smallest absolute Gasteiger partial charge is 0.370 e. The Kier molecular flexibility index (Phi) is 3.88. The number of hydrogen-bond acceptors (Lipinski definition) is 5. The highest BCUT2D eigenvalue weighted by Crippen LogP contribution is 2.29. The molecular formula is C8H12F3N5. The van der Waals surface area contributed by atoms with Gasteiger partial charge in [0.1, 0.15) is 5.82 Å². The average molecular weight is 235 g/mol. The molecule has 5 nitrogen and oxygen atoms in total. The molecule has 8 heteroatoms. The molecule has 0 spiro atoms. The lowest BCUT2D eigenvalue weighted by atomic mass is 10.3.